The first-order valence-electron chi connectivity index (χ1n) is 5.64. The van der Waals surface area contributed by atoms with Gasteiger partial charge >= 0.3 is 5.97 Å². The number of carboxylic acid groups (broad SMARTS) is 1. The van der Waals surface area contributed by atoms with E-state index in [-0.39, 0.29) is 5.92 Å². The molecule has 0 spiro atoms. The number of aliphatic carboxylic acids is 1. The maximum atomic E-state index is 10.7. The summed E-state index contributed by atoms with van der Waals surface area (Å²) < 4.78 is 1.30. The van der Waals surface area contributed by atoms with Crippen LogP contribution in [-0.2, 0) is 11.3 Å². The Bertz CT molecular complexity index is 557. The predicted octanol–water partition coefficient (Wildman–Crippen LogP) is 2.42. The van der Waals surface area contributed by atoms with Gasteiger partial charge in [0.2, 0.25) is 0 Å². The smallest absolute Gasteiger partial charge is 0.309 e. The van der Waals surface area contributed by atoms with Gasteiger partial charge in [0, 0.05) is 24.3 Å². The topological polar surface area (TPSA) is 40.5 Å². The molecule has 1 aliphatic rings. The van der Waals surface area contributed by atoms with E-state index in [1.54, 1.807) is 11.3 Å². The zero-order valence-electron chi connectivity index (χ0n) is 9.30. The highest BCUT2D eigenvalue weighted by Crippen LogP contribution is 2.28. The SMILES string of the molecule is O=C(O)C1CN(Cc2csc3ccccc23)C1. The van der Waals surface area contributed by atoms with Crippen LogP contribution >= 0.6 is 11.3 Å². The summed E-state index contributed by atoms with van der Waals surface area (Å²) in [5, 5.41) is 12.3. The Labute approximate surface area is 103 Å². The summed E-state index contributed by atoms with van der Waals surface area (Å²) in [6, 6.07) is 8.36. The van der Waals surface area contributed by atoms with Gasteiger partial charge in [-0.15, -0.1) is 11.3 Å². The van der Waals surface area contributed by atoms with Crippen LogP contribution in [0.2, 0.25) is 0 Å². The molecule has 1 fully saturated rings. The van der Waals surface area contributed by atoms with Crippen molar-refractivity contribution in [3.63, 3.8) is 0 Å². The van der Waals surface area contributed by atoms with Crippen LogP contribution < -0.4 is 0 Å². The molecule has 1 N–H and O–H groups in total. The largest absolute Gasteiger partial charge is 0.481 e. The lowest BCUT2D eigenvalue weighted by Gasteiger charge is -2.36. The molecule has 0 unspecified atom stereocenters. The van der Waals surface area contributed by atoms with Gasteiger partial charge in [-0.3, -0.25) is 9.69 Å². The number of fused-ring (bicyclic) bond motifs is 1. The molecule has 3 rings (SSSR count). The number of hydrogen-bond acceptors (Lipinski definition) is 3. The molecule has 1 aromatic heterocycles. The maximum Gasteiger partial charge on any atom is 0.309 e. The molecule has 0 aliphatic carbocycles. The number of carboxylic acids is 1. The molecule has 4 heteroatoms. The molecule has 2 heterocycles. The van der Waals surface area contributed by atoms with Gasteiger partial charge in [0.25, 0.3) is 0 Å². The predicted molar refractivity (Wildman–Crippen MR) is 68.2 cm³/mol. The third-order valence-corrected chi connectivity index (χ3v) is 4.27. The lowest BCUT2D eigenvalue weighted by Crippen LogP contribution is -2.49. The first-order chi connectivity index (χ1) is 8.24. The van der Waals surface area contributed by atoms with Crippen molar-refractivity contribution in [1.82, 2.24) is 4.90 Å². The van der Waals surface area contributed by atoms with Gasteiger partial charge in [0.1, 0.15) is 0 Å². The molecule has 17 heavy (non-hydrogen) atoms. The number of rotatable bonds is 3. The Balaban J connectivity index is 1.72. The van der Waals surface area contributed by atoms with Gasteiger partial charge in [0.15, 0.2) is 0 Å². The number of nitrogens with zero attached hydrogens (tertiary/aromatic N) is 1. The van der Waals surface area contributed by atoms with Gasteiger partial charge in [-0.05, 0) is 22.4 Å². The van der Waals surface area contributed by atoms with Gasteiger partial charge in [-0.2, -0.15) is 0 Å². The Hall–Kier alpha value is -1.39. The highest BCUT2D eigenvalue weighted by molar-refractivity contribution is 7.17. The normalized spacial score (nSPS) is 17.2. The van der Waals surface area contributed by atoms with E-state index in [1.165, 1.54) is 15.6 Å². The van der Waals surface area contributed by atoms with Crippen LogP contribution in [0.3, 0.4) is 0 Å². The average Bonchev–Trinajstić information content (AvgIpc) is 2.65. The van der Waals surface area contributed by atoms with Crippen molar-refractivity contribution in [2.45, 2.75) is 6.54 Å². The highest BCUT2D eigenvalue weighted by Gasteiger charge is 2.32. The molecular formula is C13H13NO2S. The van der Waals surface area contributed by atoms with E-state index in [2.05, 4.69) is 28.5 Å². The molecule has 0 amide bonds. The van der Waals surface area contributed by atoms with E-state index < -0.39 is 5.97 Å². The van der Waals surface area contributed by atoms with Crippen LogP contribution in [0.15, 0.2) is 29.6 Å². The Kier molecular flexibility index (Phi) is 2.61. The fourth-order valence-corrected chi connectivity index (χ4v) is 3.21. The fraction of sp³-hybridized carbons (Fsp3) is 0.308. The van der Waals surface area contributed by atoms with Crippen molar-refractivity contribution in [3.8, 4) is 0 Å². The molecule has 3 nitrogen and oxygen atoms in total. The van der Waals surface area contributed by atoms with Crippen molar-refractivity contribution in [2.75, 3.05) is 13.1 Å². The lowest BCUT2D eigenvalue weighted by molar-refractivity contribution is -0.147. The van der Waals surface area contributed by atoms with E-state index >= 15 is 0 Å². The summed E-state index contributed by atoms with van der Waals surface area (Å²) >= 11 is 1.75. The number of benzene rings is 1. The van der Waals surface area contributed by atoms with Crippen molar-refractivity contribution < 1.29 is 9.90 Å². The molecule has 88 valence electrons. The molecule has 1 aliphatic heterocycles. The van der Waals surface area contributed by atoms with Crippen LogP contribution in [0.25, 0.3) is 10.1 Å². The maximum absolute atomic E-state index is 10.7. The third kappa shape index (κ3) is 1.94. The third-order valence-electron chi connectivity index (χ3n) is 3.26. The van der Waals surface area contributed by atoms with Crippen molar-refractivity contribution >= 4 is 27.4 Å². The number of thiophene rings is 1. The standard InChI is InChI=1S/C13H13NO2S/c15-13(16)9-5-14(6-9)7-10-8-17-12-4-2-1-3-11(10)12/h1-4,8-9H,5-7H2,(H,15,16). The molecule has 0 bridgehead atoms. The second-order valence-electron chi connectivity index (χ2n) is 4.49. The molecule has 0 saturated carbocycles. The van der Waals surface area contributed by atoms with Gasteiger partial charge in [-0.25, -0.2) is 0 Å². The number of carbonyl (C=O) groups is 1. The van der Waals surface area contributed by atoms with Crippen molar-refractivity contribution in [3.05, 3.63) is 35.2 Å². The van der Waals surface area contributed by atoms with Crippen LogP contribution in [0.5, 0.6) is 0 Å². The molecule has 0 radical (unpaired) electrons. The molecular weight excluding hydrogens is 234 g/mol. The molecule has 2 aromatic rings. The zero-order valence-corrected chi connectivity index (χ0v) is 10.1. The fourth-order valence-electron chi connectivity index (χ4n) is 2.25. The van der Waals surface area contributed by atoms with E-state index in [1.807, 2.05) is 6.07 Å². The van der Waals surface area contributed by atoms with Gasteiger partial charge in [-0.1, -0.05) is 18.2 Å². The van der Waals surface area contributed by atoms with Crippen molar-refractivity contribution in [2.24, 2.45) is 5.92 Å². The van der Waals surface area contributed by atoms with Gasteiger partial charge < -0.3 is 5.11 Å². The summed E-state index contributed by atoms with van der Waals surface area (Å²) in [5.74, 6) is -0.837. The quantitative estimate of drug-likeness (QED) is 0.905. The lowest BCUT2D eigenvalue weighted by atomic mass is 9.99. The van der Waals surface area contributed by atoms with Gasteiger partial charge in [0.05, 0.1) is 5.92 Å². The Morgan fingerprint density at radius 1 is 1.41 bits per heavy atom. The Morgan fingerprint density at radius 2 is 2.18 bits per heavy atom. The second kappa shape index (κ2) is 4.13. The van der Waals surface area contributed by atoms with Crippen LogP contribution in [0.4, 0.5) is 0 Å². The zero-order chi connectivity index (χ0) is 11.8. The summed E-state index contributed by atoms with van der Waals surface area (Å²) in [7, 11) is 0. The highest BCUT2D eigenvalue weighted by atomic mass is 32.1. The first kappa shape index (κ1) is 10.7. The molecule has 0 atom stereocenters. The summed E-state index contributed by atoms with van der Waals surface area (Å²) in [6.45, 7) is 2.23. The van der Waals surface area contributed by atoms with Crippen molar-refractivity contribution in [1.29, 1.82) is 0 Å². The van der Waals surface area contributed by atoms with E-state index in [4.69, 9.17) is 5.11 Å². The van der Waals surface area contributed by atoms with Crippen LogP contribution in [0, 0.1) is 5.92 Å². The van der Waals surface area contributed by atoms with E-state index in [0.717, 1.165) is 6.54 Å². The molecule has 1 aromatic carbocycles. The summed E-state index contributed by atoms with van der Waals surface area (Å²) in [5.41, 5.74) is 1.31. The second-order valence-corrected chi connectivity index (χ2v) is 5.40. The number of hydrogen-bond donors (Lipinski definition) is 1. The summed E-state index contributed by atoms with van der Waals surface area (Å²) in [4.78, 5) is 12.9. The molecule has 1 saturated heterocycles. The minimum absolute atomic E-state index is 0.167. The summed E-state index contributed by atoms with van der Waals surface area (Å²) in [6.07, 6.45) is 0. The number of likely N-dealkylation sites (tertiary alicyclic amines) is 1. The van der Waals surface area contributed by atoms with Crippen LogP contribution in [-0.4, -0.2) is 29.1 Å². The van der Waals surface area contributed by atoms with Crippen LogP contribution in [0.1, 0.15) is 5.56 Å². The van der Waals surface area contributed by atoms with E-state index in [0.29, 0.717) is 13.1 Å². The monoisotopic (exact) mass is 247 g/mol. The minimum atomic E-state index is -0.670. The Morgan fingerprint density at radius 3 is 2.94 bits per heavy atom. The van der Waals surface area contributed by atoms with E-state index in [9.17, 15) is 4.79 Å². The minimum Gasteiger partial charge on any atom is -0.481 e. The average molecular weight is 247 g/mol. The first-order valence-corrected chi connectivity index (χ1v) is 6.52.